The standard InChI is InChI=1S/C30H38O14/c1-15(2)13-20(32)42-23-22(33)28(43-24(25(34)35)29(40,26(36)37)30(23,44-28)27(38)39)12-11-16(3)21(41-18(5)31)17(4)14-19-9-7-6-8-10-19/h6-10,15,17,21-24,33,40H,3,11-14H2,1-2,4-5H3,(H,34,35)(H,36,37)(H,38,39)/t17-,21-,22-,23-,24?,28?,29?,30?/m1/s1. The van der Waals surface area contributed by atoms with Gasteiger partial charge in [0.2, 0.25) is 23.1 Å². The smallest absolute Gasteiger partial charge is 0.344 e. The Morgan fingerprint density at radius 1 is 1.02 bits per heavy atom. The number of fused-ring (bicyclic) bond motifs is 2. The summed E-state index contributed by atoms with van der Waals surface area (Å²) in [7, 11) is 0. The number of aliphatic carboxylic acids is 3. The Morgan fingerprint density at radius 2 is 1.64 bits per heavy atom. The summed E-state index contributed by atoms with van der Waals surface area (Å²) in [5.74, 6) is -11.6. The highest BCUT2D eigenvalue weighted by Crippen LogP contribution is 2.56. The Bertz CT molecular complexity index is 1290. The molecule has 4 unspecified atom stereocenters. The lowest BCUT2D eigenvalue weighted by atomic mass is 9.74. The van der Waals surface area contributed by atoms with Crippen LogP contribution in [0.3, 0.4) is 0 Å². The van der Waals surface area contributed by atoms with E-state index in [0.717, 1.165) is 5.56 Å². The fourth-order valence-electron chi connectivity index (χ4n) is 5.82. The third-order valence-electron chi connectivity index (χ3n) is 7.84. The summed E-state index contributed by atoms with van der Waals surface area (Å²) in [5.41, 5.74) is -6.19. The maximum atomic E-state index is 12.8. The number of esters is 2. The monoisotopic (exact) mass is 622 g/mol. The molecule has 0 aliphatic carbocycles. The van der Waals surface area contributed by atoms with Gasteiger partial charge in [0.1, 0.15) is 12.2 Å². The Hall–Kier alpha value is -3.85. The van der Waals surface area contributed by atoms with Gasteiger partial charge in [0, 0.05) is 25.7 Å². The number of carbonyl (C=O) groups excluding carboxylic acids is 2. The van der Waals surface area contributed by atoms with Crippen molar-refractivity contribution < 1.29 is 68.5 Å². The SMILES string of the molecule is C=C(CCC12OC(C(=O)O)C(O)(C(=O)O)C(C(=O)O)(O1)[C@H](OC(=O)CC(C)C)[C@H]2O)[C@@H](OC(C)=O)[C@H](C)Cc1ccccc1. The molecule has 0 amide bonds. The number of carboxylic acid groups (broad SMARTS) is 3. The molecule has 2 fully saturated rings. The van der Waals surface area contributed by atoms with Crippen LogP contribution in [-0.2, 0) is 49.3 Å². The average molecular weight is 623 g/mol. The van der Waals surface area contributed by atoms with Crippen LogP contribution in [0.1, 0.15) is 52.5 Å². The second-order valence-electron chi connectivity index (χ2n) is 11.7. The molecule has 2 heterocycles. The van der Waals surface area contributed by atoms with E-state index in [0.29, 0.717) is 6.42 Å². The molecule has 0 spiro atoms. The summed E-state index contributed by atoms with van der Waals surface area (Å²) in [6, 6.07) is 9.28. The third-order valence-corrected chi connectivity index (χ3v) is 7.84. The topological polar surface area (TPSA) is 223 Å². The van der Waals surface area contributed by atoms with E-state index in [1.54, 1.807) is 20.8 Å². The van der Waals surface area contributed by atoms with Crippen LogP contribution in [-0.4, -0.2) is 96.8 Å². The van der Waals surface area contributed by atoms with Crippen molar-refractivity contribution in [3.8, 4) is 0 Å². The molecule has 1 aromatic rings. The molecule has 2 aliphatic rings. The molecule has 1 aromatic carbocycles. The highest BCUT2D eigenvalue weighted by atomic mass is 16.8. The number of carbonyl (C=O) groups is 5. The van der Waals surface area contributed by atoms with E-state index in [1.165, 1.54) is 6.92 Å². The average Bonchev–Trinajstić information content (AvgIpc) is 3.14. The zero-order valence-electron chi connectivity index (χ0n) is 24.8. The number of ether oxygens (including phenoxy) is 4. The van der Waals surface area contributed by atoms with Gasteiger partial charge in [0.25, 0.3) is 0 Å². The number of hydrogen-bond acceptors (Lipinski definition) is 11. The van der Waals surface area contributed by atoms with Crippen molar-refractivity contribution in [1.29, 1.82) is 0 Å². The van der Waals surface area contributed by atoms with Gasteiger partial charge in [-0.3, -0.25) is 9.59 Å². The molecule has 8 atom stereocenters. The molecule has 0 aromatic heterocycles. The molecule has 3 rings (SSSR count). The molecule has 44 heavy (non-hydrogen) atoms. The summed E-state index contributed by atoms with van der Waals surface area (Å²) >= 11 is 0. The van der Waals surface area contributed by atoms with Crippen LogP contribution in [0.15, 0.2) is 42.5 Å². The van der Waals surface area contributed by atoms with Crippen molar-refractivity contribution in [3.05, 3.63) is 48.0 Å². The highest BCUT2D eigenvalue weighted by Gasteiger charge is 2.85. The number of benzene rings is 1. The van der Waals surface area contributed by atoms with Crippen LogP contribution < -0.4 is 0 Å². The molecule has 0 saturated carbocycles. The van der Waals surface area contributed by atoms with E-state index in [4.69, 9.17) is 18.9 Å². The minimum Gasteiger partial charge on any atom is -0.479 e. The number of aliphatic hydroxyl groups is 2. The lowest BCUT2D eigenvalue weighted by molar-refractivity contribution is -0.374. The largest absolute Gasteiger partial charge is 0.479 e. The predicted octanol–water partition coefficient (Wildman–Crippen LogP) is 1.30. The minimum absolute atomic E-state index is 0.228. The van der Waals surface area contributed by atoms with E-state index in [2.05, 4.69) is 6.58 Å². The summed E-state index contributed by atoms with van der Waals surface area (Å²) in [4.78, 5) is 62.0. The van der Waals surface area contributed by atoms with Crippen LogP contribution in [0.4, 0.5) is 0 Å². The minimum atomic E-state index is -3.87. The first-order chi connectivity index (χ1) is 20.4. The van der Waals surface area contributed by atoms with E-state index in [-0.39, 0.29) is 30.3 Å². The number of carboxylic acids is 3. The molecule has 242 valence electrons. The lowest BCUT2D eigenvalue weighted by Gasteiger charge is -2.48. The van der Waals surface area contributed by atoms with Crippen LogP contribution in [0, 0.1) is 11.8 Å². The Labute approximate surface area is 253 Å². The summed E-state index contributed by atoms with van der Waals surface area (Å²) in [6.45, 7) is 10.3. The van der Waals surface area contributed by atoms with E-state index >= 15 is 0 Å². The van der Waals surface area contributed by atoms with Crippen molar-refractivity contribution in [2.45, 2.75) is 94.8 Å². The fourth-order valence-corrected chi connectivity index (χ4v) is 5.82. The van der Waals surface area contributed by atoms with Gasteiger partial charge in [-0.25, -0.2) is 14.4 Å². The maximum Gasteiger partial charge on any atom is 0.344 e. The Kier molecular flexibility index (Phi) is 10.3. The molecule has 14 nitrogen and oxygen atoms in total. The molecule has 2 saturated heterocycles. The van der Waals surface area contributed by atoms with Gasteiger partial charge in [-0.2, -0.15) is 0 Å². The van der Waals surface area contributed by atoms with Gasteiger partial charge >= 0.3 is 29.8 Å². The Balaban J connectivity index is 2.03. The predicted molar refractivity (Wildman–Crippen MR) is 148 cm³/mol. The van der Waals surface area contributed by atoms with Crippen LogP contribution >= 0.6 is 0 Å². The first-order valence-electron chi connectivity index (χ1n) is 14.0. The molecule has 2 bridgehead atoms. The molecule has 5 N–H and O–H groups in total. The quantitative estimate of drug-likeness (QED) is 0.146. The van der Waals surface area contributed by atoms with Crippen molar-refractivity contribution in [1.82, 2.24) is 0 Å². The van der Waals surface area contributed by atoms with Crippen LogP contribution in [0.5, 0.6) is 0 Å². The molecular formula is C30H38O14. The zero-order valence-corrected chi connectivity index (χ0v) is 24.8. The molecule has 14 heteroatoms. The van der Waals surface area contributed by atoms with E-state index in [9.17, 15) is 49.5 Å². The van der Waals surface area contributed by atoms with Gasteiger partial charge < -0.3 is 44.5 Å². The van der Waals surface area contributed by atoms with Crippen molar-refractivity contribution >= 4 is 29.8 Å². The van der Waals surface area contributed by atoms with Crippen LogP contribution in [0.25, 0.3) is 0 Å². The van der Waals surface area contributed by atoms with Crippen molar-refractivity contribution in [2.24, 2.45) is 11.8 Å². The zero-order chi connectivity index (χ0) is 33.2. The van der Waals surface area contributed by atoms with Crippen LogP contribution in [0.2, 0.25) is 0 Å². The van der Waals surface area contributed by atoms with E-state index in [1.807, 2.05) is 30.3 Å². The number of rotatable bonds is 14. The number of aliphatic hydroxyl groups excluding tert-OH is 1. The number of hydrogen-bond donors (Lipinski definition) is 5. The maximum absolute atomic E-state index is 12.8. The highest BCUT2D eigenvalue weighted by molar-refractivity contribution is 5.98. The second-order valence-corrected chi connectivity index (χ2v) is 11.7. The third kappa shape index (κ3) is 6.20. The normalized spacial score (nSPS) is 30.7. The second kappa shape index (κ2) is 13.0. The van der Waals surface area contributed by atoms with Gasteiger partial charge in [0.05, 0.1) is 0 Å². The summed E-state index contributed by atoms with van der Waals surface area (Å²) < 4.78 is 21.8. The van der Waals surface area contributed by atoms with Gasteiger partial charge in [-0.1, -0.05) is 57.7 Å². The first kappa shape index (κ1) is 34.6. The summed E-state index contributed by atoms with van der Waals surface area (Å²) in [5, 5.41) is 52.8. The summed E-state index contributed by atoms with van der Waals surface area (Å²) in [6.07, 6.45) is -9.01. The van der Waals surface area contributed by atoms with Gasteiger partial charge in [0.15, 0.2) is 6.10 Å². The van der Waals surface area contributed by atoms with E-state index < -0.39 is 77.7 Å². The fraction of sp³-hybridized carbons (Fsp3) is 0.567. The molecule has 2 aliphatic heterocycles. The lowest BCUT2D eigenvalue weighted by Crippen LogP contribution is -2.78. The van der Waals surface area contributed by atoms with Gasteiger partial charge in [-0.05, 0) is 29.9 Å². The van der Waals surface area contributed by atoms with Gasteiger partial charge in [-0.15, -0.1) is 0 Å². The molecular weight excluding hydrogens is 584 g/mol. The van der Waals surface area contributed by atoms with Crippen molar-refractivity contribution in [2.75, 3.05) is 0 Å². The first-order valence-corrected chi connectivity index (χ1v) is 14.0. The molecule has 0 radical (unpaired) electrons. The Morgan fingerprint density at radius 3 is 2.14 bits per heavy atom. The van der Waals surface area contributed by atoms with Crippen molar-refractivity contribution in [3.63, 3.8) is 0 Å².